The maximum absolute atomic E-state index is 9.84. The summed E-state index contributed by atoms with van der Waals surface area (Å²) in [4.78, 5) is 0. The minimum Gasteiger partial charge on any atom is -0.516 e. The monoisotopic (exact) mass is 284 g/mol. The van der Waals surface area contributed by atoms with E-state index < -0.39 is 0 Å². The summed E-state index contributed by atoms with van der Waals surface area (Å²) in [5, 5.41) is 18.3. The van der Waals surface area contributed by atoms with E-state index in [1.54, 1.807) is 0 Å². The molecule has 1 atom stereocenters. The molecule has 120 valence electrons. The number of unbranched alkanes of at least 4 members (excludes halogenated alkanes) is 10. The number of aliphatic hydroxyl groups is 2. The van der Waals surface area contributed by atoms with Gasteiger partial charge in [-0.25, -0.2) is 0 Å². The Kier molecular flexibility index (Phi) is 16.1. The molecule has 0 fully saturated rings. The van der Waals surface area contributed by atoms with Gasteiger partial charge in [-0.3, -0.25) is 0 Å². The van der Waals surface area contributed by atoms with Crippen LogP contribution >= 0.6 is 0 Å². The number of rotatable bonds is 15. The van der Waals surface area contributed by atoms with Gasteiger partial charge in [-0.1, -0.05) is 77.2 Å². The first-order valence-corrected chi connectivity index (χ1v) is 8.78. The fraction of sp³-hybridized carbons (Fsp3) is 0.889. The second-order valence-corrected chi connectivity index (χ2v) is 5.94. The minimum absolute atomic E-state index is 0.0582. The first kappa shape index (κ1) is 19.5. The van der Waals surface area contributed by atoms with E-state index in [9.17, 15) is 5.11 Å². The molecule has 1 unspecified atom stereocenters. The van der Waals surface area contributed by atoms with E-state index >= 15 is 0 Å². The van der Waals surface area contributed by atoms with Gasteiger partial charge < -0.3 is 10.2 Å². The summed E-state index contributed by atoms with van der Waals surface area (Å²) in [6.07, 6.45) is 19.8. The molecule has 0 amide bonds. The van der Waals surface area contributed by atoms with Crippen LogP contribution in [0.1, 0.15) is 96.8 Å². The molecule has 0 spiro atoms. The number of hydrogen-bond acceptors (Lipinski definition) is 2. The van der Waals surface area contributed by atoms with Gasteiger partial charge in [-0.05, 0) is 25.7 Å². The van der Waals surface area contributed by atoms with E-state index in [1.165, 1.54) is 70.6 Å². The predicted octanol–water partition coefficient (Wildman–Crippen LogP) is 5.90. The van der Waals surface area contributed by atoms with Crippen molar-refractivity contribution in [2.75, 3.05) is 0 Å². The highest BCUT2D eigenvalue weighted by Crippen LogP contribution is 2.13. The van der Waals surface area contributed by atoms with Gasteiger partial charge in [0, 0.05) is 0 Å². The minimum atomic E-state index is -0.0582. The largest absolute Gasteiger partial charge is 0.516 e. The molecule has 0 aliphatic rings. The molecule has 0 aliphatic carbocycles. The van der Waals surface area contributed by atoms with Crippen molar-refractivity contribution in [3.63, 3.8) is 0 Å². The highest BCUT2D eigenvalue weighted by Gasteiger charge is 2.03. The van der Waals surface area contributed by atoms with Crippen LogP contribution in [0, 0.1) is 0 Å². The maximum Gasteiger partial charge on any atom is 0.0751 e. The zero-order chi connectivity index (χ0) is 14.9. The van der Waals surface area contributed by atoms with Crippen molar-refractivity contribution in [2.24, 2.45) is 0 Å². The summed E-state index contributed by atoms with van der Waals surface area (Å²) >= 11 is 0. The SMILES string of the molecule is CCCCCCC(O)CCCCCCCCCC=CO. The lowest BCUT2D eigenvalue weighted by atomic mass is 10.0. The van der Waals surface area contributed by atoms with Crippen molar-refractivity contribution in [3.8, 4) is 0 Å². The van der Waals surface area contributed by atoms with Crippen molar-refractivity contribution < 1.29 is 10.2 Å². The van der Waals surface area contributed by atoms with Crippen LogP contribution < -0.4 is 0 Å². The zero-order valence-electron chi connectivity index (χ0n) is 13.5. The fourth-order valence-electron chi connectivity index (χ4n) is 2.55. The first-order chi connectivity index (χ1) is 9.81. The van der Waals surface area contributed by atoms with Crippen LogP contribution in [-0.4, -0.2) is 16.3 Å². The van der Waals surface area contributed by atoms with E-state index in [0.29, 0.717) is 0 Å². The summed E-state index contributed by atoms with van der Waals surface area (Å²) < 4.78 is 0. The molecule has 0 rings (SSSR count). The van der Waals surface area contributed by atoms with Crippen LogP contribution in [0.5, 0.6) is 0 Å². The summed E-state index contributed by atoms with van der Waals surface area (Å²) in [6.45, 7) is 2.22. The maximum atomic E-state index is 9.84. The number of hydrogen-bond donors (Lipinski definition) is 2. The quantitative estimate of drug-likeness (QED) is 0.290. The van der Waals surface area contributed by atoms with Crippen molar-refractivity contribution in [2.45, 2.75) is 103 Å². The van der Waals surface area contributed by atoms with Gasteiger partial charge in [-0.2, -0.15) is 0 Å². The third-order valence-corrected chi connectivity index (χ3v) is 3.90. The third-order valence-electron chi connectivity index (χ3n) is 3.90. The molecule has 0 saturated heterocycles. The van der Waals surface area contributed by atoms with Crippen molar-refractivity contribution >= 4 is 0 Å². The molecule has 2 nitrogen and oxygen atoms in total. The third kappa shape index (κ3) is 15.6. The van der Waals surface area contributed by atoms with Crippen LogP contribution in [-0.2, 0) is 0 Å². The molecular weight excluding hydrogens is 248 g/mol. The Morgan fingerprint density at radius 3 is 1.80 bits per heavy atom. The molecule has 0 aromatic carbocycles. The van der Waals surface area contributed by atoms with Gasteiger partial charge in [0.25, 0.3) is 0 Å². The highest BCUT2D eigenvalue weighted by atomic mass is 16.3. The van der Waals surface area contributed by atoms with E-state index in [-0.39, 0.29) is 6.10 Å². The van der Waals surface area contributed by atoms with Gasteiger partial charge in [0.2, 0.25) is 0 Å². The fourth-order valence-corrected chi connectivity index (χ4v) is 2.55. The van der Waals surface area contributed by atoms with Gasteiger partial charge in [0.05, 0.1) is 12.4 Å². The van der Waals surface area contributed by atoms with Crippen molar-refractivity contribution in [1.29, 1.82) is 0 Å². The Hall–Kier alpha value is -0.500. The van der Waals surface area contributed by atoms with Gasteiger partial charge in [-0.15, -0.1) is 0 Å². The van der Waals surface area contributed by atoms with E-state index in [0.717, 1.165) is 25.5 Å². The molecule has 0 aliphatic heterocycles. The summed E-state index contributed by atoms with van der Waals surface area (Å²) in [5.41, 5.74) is 0. The van der Waals surface area contributed by atoms with Crippen molar-refractivity contribution in [1.82, 2.24) is 0 Å². The second kappa shape index (κ2) is 16.6. The molecule has 0 heterocycles. The molecule has 2 N–H and O–H groups in total. The molecule has 0 aromatic heterocycles. The van der Waals surface area contributed by atoms with Crippen LogP contribution in [0.15, 0.2) is 12.3 Å². The lowest BCUT2D eigenvalue weighted by Gasteiger charge is -2.10. The van der Waals surface area contributed by atoms with E-state index in [1.807, 2.05) is 6.08 Å². The summed E-state index contributed by atoms with van der Waals surface area (Å²) in [7, 11) is 0. The Morgan fingerprint density at radius 1 is 0.750 bits per heavy atom. The molecule has 0 aromatic rings. The Balaban J connectivity index is 3.11. The van der Waals surface area contributed by atoms with Crippen LogP contribution in [0.25, 0.3) is 0 Å². The topological polar surface area (TPSA) is 40.5 Å². The molecule has 0 saturated carbocycles. The summed E-state index contributed by atoms with van der Waals surface area (Å²) in [5.74, 6) is 0. The average molecular weight is 284 g/mol. The normalized spacial score (nSPS) is 13.1. The van der Waals surface area contributed by atoms with Crippen LogP contribution in [0.3, 0.4) is 0 Å². The molecule has 0 bridgehead atoms. The molecule has 2 heteroatoms. The lowest BCUT2D eigenvalue weighted by molar-refractivity contribution is 0.147. The second-order valence-electron chi connectivity index (χ2n) is 5.94. The van der Waals surface area contributed by atoms with Gasteiger partial charge >= 0.3 is 0 Å². The average Bonchev–Trinajstić information content (AvgIpc) is 2.45. The Morgan fingerprint density at radius 2 is 1.25 bits per heavy atom. The van der Waals surface area contributed by atoms with Crippen LogP contribution in [0.2, 0.25) is 0 Å². The first-order valence-electron chi connectivity index (χ1n) is 8.78. The molecular formula is C18H36O2. The highest BCUT2D eigenvalue weighted by molar-refractivity contribution is 4.70. The molecule has 20 heavy (non-hydrogen) atoms. The van der Waals surface area contributed by atoms with E-state index in [2.05, 4.69) is 6.92 Å². The standard InChI is InChI=1S/C18H36O2/c1-2-3-4-12-15-18(20)16-13-10-8-6-5-7-9-11-14-17-19/h14,17-20H,2-13,15-16H2,1H3. The van der Waals surface area contributed by atoms with Crippen LogP contribution in [0.4, 0.5) is 0 Å². The Bertz CT molecular complexity index is 202. The van der Waals surface area contributed by atoms with Crippen molar-refractivity contribution in [3.05, 3.63) is 12.3 Å². The van der Waals surface area contributed by atoms with E-state index in [4.69, 9.17) is 5.11 Å². The smallest absolute Gasteiger partial charge is 0.0751 e. The van der Waals surface area contributed by atoms with Gasteiger partial charge in [0.15, 0.2) is 0 Å². The Labute approximate surface area is 126 Å². The zero-order valence-corrected chi connectivity index (χ0v) is 13.5. The predicted molar refractivity (Wildman–Crippen MR) is 88.1 cm³/mol. The molecule has 0 radical (unpaired) electrons. The van der Waals surface area contributed by atoms with Gasteiger partial charge in [0.1, 0.15) is 0 Å². The lowest BCUT2D eigenvalue weighted by Crippen LogP contribution is -2.05. The number of aliphatic hydroxyl groups excluding tert-OH is 2. The number of allylic oxidation sites excluding steroid dienone is 1. The summed E-state index contributed by atoms with van der Waals surface area (Å²) in [6, 6.07) is 0.